The van der Waals surface area contributed by atoms with Gasteiger partial charge in [0.2, 0.25) is 59.1 Å². The second kappa shape index (κ2) is 67.9. The summed E-state index contributed by atoms with van der Waals surface area (Å²) < 4.78 is 21.9. The Bertz CT molecular complexity index is 5050. The van der Waals surface area contributed by atoms with Gasteiger partial charge in [0.05, 0.1) is 132 Å². The molecule has 3 aromatic rings. The number of hydrogen-bond donors (Lipinski definition) is 30. The second-order valence-electron chi connectivity index (χ2n) is 35.7. The summed E-state index contributed by atoms with van der Waals surface area (Å²) in [6, 6.07) is -2.45. The Hall–Kier alpha value is -12.2. The number of nitrogens with zero attached hydrogens (tertiary/aromatic N) is 4. The number of nitrogens with one attached hydrogen (secondary N) is 12. The lowest BCUT2D eigenvalue weighted by molar-refractivity contribution is -0.142. The molecule has 1 aliphatic heterocycles. The average Bonchev–Trinajstić information content (AvgIpc) is 1.27. The molecule has 58 heteroatoms. The number of ketones is 4. The number of thioether (sulfide) groups is 1. The van der Waals surface area contributed by atoms with Gasteiger partial charge < -0.3 is 170 Å². The van der Waals surface area contributed by atoms with Gasteiger partial charge in [0.1, 0.15) is 72.8 Å². The lowest BCUT2D eigenvalue weighted by atomic mass is 9.90. The van der Waals surface area contributed by atoms with Crippen LogP contribution in [0.25, 0.3) is 11.2 Å². The number of nitrogens with two attached hydrogens (primary N) is 1. The molecule has 1 aliphatic rings. The molecule has 0 saturated heterocycles. The van der Waals surface area contributed by atoms with Crippen LogP contribution in [-0.4, -0.2) is 439 Å². The molecule has 0 bridgehead atoms. The van der Waals surface area contributed by atoms with Gasteiger partial charge in [-0.25, -0.2) is 19.6 Å². The van der Waals surface area contributed by atoms with E-state index in [1.54, 1.807) is 20.8 Å². The van der Waals surface area contributed by atoms with Crippen molar-refractivity contribution >= 4 is 141 Å². The Balaban J connectivity index is 1.48. The Morgan fingerprint density at radius 1 is 0.467 bits per heavy atom. The molecular formula is C92H141N17O40S. The maximum absolute atomic E-state index is 14.6. The first kappa shape index (κ1) is 130. The van der Waals surface area contributed by atoms with Gasteiger partial charge in [-0.05, 0) is 69.7 Å². The van der Waals surface area contributed by atoms with E-state index >= 15 is 0 Å². The summed E-state index contributed by atoms with van der Waals surface area (Å²) in [7, 11) is 1.47. The lowest BCUT2D eigenvalue weighted by Crippen LogP contribution is -2.50. The molecule has 57 nitrogen and oxygen atoms in total. The maximum Gasteiger partial charge on any atom is 0.327 e. The van der Waals surface area contributed by atoms with Crippen LogP contribution in [-0.2, 0) is 107 Å². The fourth-order valence-electron chi connectivity index (χ4n) is 14.3. The highest BCUT2D eigenvalue weighted by Crippen LogP contribution is 2.28. The van der Waals surface area contributed by atoms with Gasteiger partial charge in [-0.1, -0.05) is 20.8 Å². The Morgan fingerprint density at radius 3 is 1.36 bits per heavy atom. The zero-order chi connectivity index (χ0) is 112. The number of aliphatic carboxylic acids is 2. The first-order valence-electron chi connectivity index (χ1n) is 48.1. The van der Waals surface area contributed by atoms with Crippen LogP contribution < -0.4 is 69.8 Å². The summed E-state index contributed by atoms with van der Waals surface area (Å²) in [6.07, 6.45) is -31.4. The SMILES string of the molecule is CNC(=O)[C@H](C)CC(=O)[C@@H](NC(=O)CCOCCOCCOCCOCCNC(=O)CCN1C(=O)C=C(SC[C@@H](NC(=O)[C@H](CCC(=O)NC[C@H](O)[C@@H](O)[C@H](O)[C@H](O)CO)CC(=O)[C@@H](C)NC(=O)[C@H](CCC(=O)NC[C@H](O)[C@@H](O)[C@H](O)[C@H](O)CO)CC(=O)[C@@H](C)NC(=O)[C@H](CCC(=O)NC[C@H](O)[C@@H](O)[C@H](O)[C@H](O)CO)CC(=O)CC[C@H](NC(=O)c2ccc(NCc3cnc4nc(N)[nH]c(=O)c4n3)cc2)C(=O)O)C(=O)O)C1=O)C(C)C. The predicted octanol–water partition coefficient (Wildman–Crippen LogP) is -11.4. The number of hydrogen-bond acceptors (Lipinski definition) is 44. The lowest BCUT2D eigenvalue weighted by Gasteiger charge is -2.26. The summed E-state index contributed by atoms with van der Waals surface area (Å²) in [4.78, 5) is 269. The van der Waals surface area contributed by atoms with E-state index in [2.05, 4.69) is 78.4 Å². The fraction of sp³-hybridized carbons (Fsp3) is 0.652. The van der Waals surface area contributed by atoms with E-state index in [0.717, 1.165) is 19.9 Å². The number of imide groups is 1. The summed E-state index contributed by atoms with van der Waals surface area (Å²) >= 11 is 0.475. The van der Waals surface area contributed by atoms with Crippen LogP contribution in [0, 0.1) is 29.6 Å². The van der Waals surface area contributed by atoms with Crippen molar-refractivity contribution in [1.82, 2.24) is 78.0 Å². The molecule has 12 amide bonds. The molecule has 0 aliphatic carbocycles. The Morgan fingerprint density at radius 2 is 0.907 bits per heavy atom. The van der Waals surface area contributed by atoms with E-state index < -0.39 is 356 Å². The van der Waals surface area contributed by atoms with Gasteiger partial charge in [-0.3, -0.25) is 91.4 Å². The van der Waals surface area contributed by atoms with Gasteiger partial charge >= 0.3 is 11.9 Å². The monoisotopic (exact) mass is 2160 g/mol. The third-order valence-corrected chi connectivity index (χ3v) is 24.6. The minimum absolute atomic E-state index is 0.00474. The summed E-state index contributed by atoms with van der Waals surface area (Å²) in [5.74, 6) is -24.2. The fourth-order valence-corrected chi connectivity index (χ4v) is 15.2. The van der Waals surface area contributed by atoms with Gasteiger partial charge in [0, 0.05) is 151 Å². The number of carbonyl (C=O) groups excluding carboxylic acids is 16. The number of fused-ring (bicyclic) bond motifs is 1. The normalized spacial score (nSPS) is 16.3. The number of H-pyrrole nitrogens is 1. The van der Waals surface area contributed by atoms with Crippen molar-refractivity contribution in [2.24, 2.45) is 29.6 Å². The highest BCUT2D eigenvalue weighted by molar-refractivity contribution is 8.04. The standard InChI is InChI=1S/C92H141N17O40S/c1-45(2)74(60(116)31-46(3)83(135)94-6)106-72(127)20-23-146-25-27-148-29-30-149-28-26-147-24-21-95-71(126)19-22-109-73(128)35-67(89(109)141)150-44-57(91(144)145)105-87(139)52(11-18-70(125)99-40-63(119)78(131)81(134)66(122)43-112)34-59(115)48(5)102-86(138)51(10-17-69(124)98-39-62(118)77(130)80(133)65(121)42-111)33-58(114)47(4)101-85(137)50(9-16-68(123)97-38-61(117)76(129)79(132)64(120)41-110)32-55(113)14-15-56(90(142)143)104-84(136)49-7-12-53(13-8-49)96-36-54-37-100-82-75(103-54)88(140)108-92(93)107-82/h7-8,12-13,35,37,45-48,50-52,56-57,61-66,74,76-81,96,110-112,117-122,129-134H,9-11,14-34,36,38-44H2,1-6H3,(H,94,135)(H,95,126)(H,97,123)(H,98,124)(H,99,125)(H,101,137)(H,102,138)(H,104,136)(H,105,139)(H,106,127)(H,142,143)(H,144,145)(H3,93,100,107,108,140)/t46-,47-,48-,50-,51-,52-,56+,57-,61+,62+,63+,64-,65-,66-,74+,76-,77-,78-,79-,80-,81-/m1/s1. The van der Waals surface area contributed by atoms with Crippen molar-refractivity contribution in [3.05, 3.63) is 63.1 Å². The van der Waals surface area contributed by atoms with Crippen molar-refractivity contribution in [3.63, 3.8) is 0 Å². The zero-order valence-electron chi connectivity index (χ0n) is 83.6. The summed E-state index contributed by atoms with van der Waals surface area (Å²) in [6.45, 7) is 2.23. The number of amides is 12. The number of ether oxygens (including phenoxy) is 4. The van der Waals surface area contributed by atoms with Crippen molar-refractivity contribution in [1.29, 1.82) is 0 Å². The maximum atomic E-state index is 14.6. The third kappa shape index (κ3) is 46.3. The van der Waals surface area contributed by atoms with Crippen LogP contribution in [0.15, 0.2) is 46.2 Å². The van der Waals surface area contributed by atoms with Crippen LogP contribution in [0.5, 0.6) is 0 Å². The molecule has 2 aromatic heterocycles. The number of nitrogen functional groups attached to an aromatic ring is 1. The van der Waals surface area contributed by atoms with Crippen LogP contribution in [0.3, 0.4) is 0 Å². The summed E-state index contributed by atoms with van der Waals surface area (Å²) in [5.41, 5.74) is 5.52. The number of aliphatic hydroxyl groups excluding tert-OH is 15. The first-order valence-corrected chi connectivity index (χ1v) is 49.1. The number of rotatable bonds is 78. The molecule has 0 fully saturated rings. The molecule has 0 unspecified atom stereocenters. The number of Topliss-reactive ketones (excluding diaryl/α,β-unsaturated/α-hetero) is 4. The van der Waals surface area contributed by atoms with Crippen LogP contribution in [0.4, 0.5) is 11.6 Å². The van der Waals surface area contributed by atoms with E-state index in [9.17, 15) is 178 Å². The molecule has 21 atom stereocenters. The predicted molar refractivity (Wildman–Crippen MR) is 521 cm³/mol. The molecule has 4 rings (SSSR count). The molecule has 0 saturated carbocycles. The minimum Gasteiger partial charge on any atom is -0.480 e. The number of aromatic amines is 1. The van der Waals surface area contributed by atoms with E-state index in [0.29, 0.717) is 28.0 Å². The zero-order valence-corrected chi connectivity index (χ0v) is 84.4. The molecule has 31 N–H and O–H groups in total. The van der Waals surface area contributed by atoms with E-state index in [1.807, 2.05) is 0 Å². The number of carboxylic acid groups (broad SMARTS) is 2. The second-order valence-corrected chi connectivity index (χ2v) is 36.7. The van der Waals surface area contributed by atoms with E-state index in [-0.39, 0.29) is 124 Å². The number of anilines is 2. The molecule has 0 spiro atoms. The van der Waals surface area contributed by atoms with Crippen molar-refractivity contribution in [2.45, 2.75) is 235 Å². The molecule has 3 heterocycles. The number of aliphatic hydroxyl groups is 15. The quantitative estimate of drug-likeness (QED) is 0.0184. The van der Waals surface area contributed by atoms with Crippen LogP contribution in [0.1, 0.15) is 141 Å². The number of aromatic nitrogens is 4. The minimum atomic E-state index is -2.18. The first-order chi connectivity index (χ1) is 70.9. The van der Waals surface area contributed by atoms with Crippen molar-refractivity contribution in [2.75, 3.05) is 129 Å². The largest absolute Gasteiger partial charge is 0.480 e. The molecule has 0 radical (unpaired) electrons. The average molecular weight is 2160 g/mol. The van der Waals surface area contributed by atoms with Gasteiger partial charge in [0.15, 0.2) is 28.5 Å². The topological polar surface area (TPSA) is 921 Å². The number of carboxylic acids is 2. The Kier molecular flexibility index (Phi) is 58.9. The molecule has 1 aromatic carbocycles. The summed E-state index contributed by atoms with van der Waals surface area (Å²) in [5, 5.41) is 198. The molecule has 150 heavy (non-hydrogen) atoms. The van der Waals surface area contributed by atoms with Crippen molar-refractivity contribution < 1.29 is 192 Å². The highest BCUT2D eigenvalue weighted by atomic mass is 32.2. The van der Waals surface area contributed by atoms with Crippen LogP contribution >= 0.6 is 11.8 Å². The van der Waals surface area contributed by atoms with Crippen molar-refractivity contribution in [3.8, 4) is 0 Å². The number of carbonyl (C=O) groups is 18. The number of benzene rings is 1. The smallest absolute Gasteiger partial charge is 0.327 e. The molecular weight excluding hydrogens is 2020 g/mol. The van der Waals surface area contributed by atoms with Gasteiger partial charge in [-0.15, -0.1) is 11.8 Å². The Labute approximate surface area is 863 Å². The van der Waals surface area contributed by atoms with Gasteiger partial charge in [0.25, 0.3) is 23.3 Å². The van der Waals surface area contributed by atoms with Gasteiger partial charge in [-0.2, -0.15) is 4.98 Å². The van der Waals surface area contributed by atoms with Crippen LogP contribution in [0.2, 0.25) is 0 Å². The highest BCUT2D eigenvalue weighted by Gasteiger charge is 2.40. The van der Waals surface area contributed by atoms with E-state index in [1.165, 1.54) is 37.5 Å². The van der Waals surface area contributed by atoms with E-state index in [4.69, 9.17) is 24.7 Å². The third-order valence-electron chi connectivity index (χ3n) is 23.5. The molecule has 840 valence electrons.